The molecule has 80 valence electrons. The van der Waals surface area contributed by atoms with Crippen LogP contribution in [0.5, 0.6) is 0 Å². The lowest BCUT2D eigenvalue weighted by Gasteiger charge is -2.27. The van der Waals surface area contributed by atoms with Crippen molar-refractivity contribution in [2.75, 3.05) is 6.54 Å². The van der Waals surface area contributed by atoms with Gasteiger partial charge in [0, 0.05) is 18.9 Å². The van der Waals surface area contributed by atoms with E-state index in [1.165, 1.54) is 5.01 Å². The molecule has 0 aromatic rings. The van der Waals surface area contributed by atoms with Gasteiger partial charge in [0.05, 0.1) is 6.17 Å². The minimum Gasteiger partial charge on any atom is -0.310 e. The second-order valence-corrected chi connectivity index (χ2v) is 3.87. The van der Waals surface area contributed by atoms with Crippen molar-refractivity contribution in [3.05, 3.63) is 0 Å². The number of nitrogens with two attached hydrogens (primary N) is 1. The smallest absolute Gasteiger partial charge is 0.137 e. The number of nitrogens with zero attached hydrogens (tertiary/aromatic N) is 2. The van der Waals surface area contributed by atoms with E-state index in [-0.39, 0.29) is 12.1 Å². The van der Waals surface area contributed by atoms with Gasteiger partial charge in [-0.3, -0.25) is 9.80 Å². The van der Waals surface area contributed by atoms with Crippen LogP contribution in [-0.2, 0) is 4.79 Å². The van der Waals surface area contributed by atoms with Crippen molar-refractivity contribution in [2.45, 2.75) is 38.8 Å². The Morgan fingerprint density at radius 2 is 2.43 bits per heavy atom. The summed E-state index contributed by atoms with van der Waals surface area (Å²) >= 11 is 0. The summed E-state index contributed by atoms with van der Waals surface area (Å²) in [6.45, 7) is 2.27. The van der Waals surface area contributed by atoms with Gasteiger partial charge < -0.3 is 5.73 Å². The molecule has 0 aliphatic heterocycles. The van der Waals surface area contributed by atoms with Crippen LogP contribution in [0.4, 0.5) is 0 Å². The third-order valence-electron chi connectivity index (χ3n) is 2.69. The zero-order chi connectivity index (χ0) is 10.6. The number of carbonyl (C=O) groups excluding carboxylic acids is 1. The highest BCUT2D eigenvalue weighted by Crippen LogP contribution is 2.21. The average molecular weight is 198 g/mol. The summed E-state index contributed by atoms with van der Waals surface area (Å²) < 4.78 is 0. The van der Waals surface area contributed by atoms with Gasteiger partial charge in [-0.05, 0) is 19.8 Å². The number of hydrogen-bond acceptors (Lipinski definition) is 4. The zero-order valence-electron chi connectivity index (χ0n) is 8.57. The first-order valence-electron chi connectivity index (χ1n) is 5.07. The molecule has 3 N–H and O–H groups in total. The summed E-state index contributed by atoms with van der Waals surface area (Å²) in [4.78, 5) is 11.5. The molecule has 0 radical (unpaired) electrons. The SMILES string of the molecule is CC(N)N(CC1CCCCC1=O)N=N. The number of hydrogen-bond donors (Lipinski definition) is 2. The van der Waals surface area contributed by atoms with Gasteiger partial charge in [-0.1, -0.05) is 11.6 Å². The molecule has 1 fully saturated rings. The normalized spacial score (nSPS) is 24.4. The van der Waals surface area contributed by atoms with Crippen molar-refractivity contribution in [1.82, 2.24) is 5.01 Å². The molecule has 0 aromatic carbocycles. The zero-order valence-corrected chi connectivity index (χ0v) is 8.57. The Hall–Kier alpha value is -0.970. The third kappa shape index (κ3) is 2.77. The van der Waals surface area contributed by atoms with Gasteiger partial charge in [-0.2, -0.15) is 5.53 Å². The maximum atomic E-state index is 11.5. The highest BCUT2D eigenvalue weighted by atomic mass is 16.1. The Balaban J connectivity index is 2.48. The molecule has 2 atom stereocenters. The summed E-state index contributed by atoms with van der Waals surface area (Å²) in [7, 11) is 0. The number of carbonyl (C=O) groups is 1. The number of Topliss-reactive ketones (excluding diaryl/α,β-unsaturated/α-hetero) is 1. The number of nitrogens with one attached hydrogen (secondary N) is 1. The van der Waals surface area contributed by atoms with Crippen LogP contribution >= 0.6 is 0 Å². The van der Waals surface area contributed by atoms with Crippen LogP contribution in [0.1, 0.15) is 32.6 Å². The molecule has 1 rings (SSSR count). The lowest BCUT2D eigenvalue weighted by Crippen LogP contribution is -2.40. The largest absolute Gasteiger partial charge is 0.310 e. The van der Waals surface area contributed by atoms with Crippen LogP contribution in [0.15, 0.2) is 5.22 Å². The Bertz CT molecular complexity index is 217. The average Bonchev–Trinajstić information content (AvgIpc) is 2.16. The van der Waals surface area contributed by atoms with Crippen LogP contribution < -0.4 is 5.73 Å². The Morgan fingerprint density at radius 3 is 2.93 bits per heavy atom. The van der Waals surface area contributed by atoms with Gasteiger partial charge in [-0.25, -0.2) is 0 Å². The number of ketones is 1. The van der Waals surface area contributed by atoms with E-state index in [1.807, 2.05) is 0 Å². The molecule has 0 saturated heterocycles. The van der Waals surface area contributed by atoms with E-state index in [9.17, 15) is 4.79 Å². The summed E-state index contributed by atoms with van der Waals surface area (Å²) in [5, 5.41) is 4.79. The molecular formula is C9H18N4O. The lowest BCUT2D eigenvalue weighted by molar-refractivity contribution is -0.125. The second-order valence-electron chi connectivity index (χ2n) is 3.87. The highest BCUT2D eigenvalue weighted by Gasteiger charge is 2.25. The van der Waals surface area contributed by atoms with Gasteiger partial charge in [0.15, 0.2) is 0 Å². The summed E-state index contributed by atoms with van der Waals surface area (Å²) in [6.07, 6.45) is 3.40. The van der Waals surface area contributed by atoms with Crippen LogP contribution in [0.3, 0.4) is 0 Å². The predicted molar refractivity (Wildman–Crippen MR) is 52.5 cm³/mol. The monoisotopic (exact) mass is 198 g/mol. The fourth-order valence-corrected chi connectivity index (χ4v) is 1.77. The van der Waals surface area contributed by atoms with Crippen LogP contribution in [-0.4, -0.2) is 23.5 Å². The minimum absolute atomic E-state index is 0.0313. The molecular weight excluding hydrogens is 180 g/mol. The quantitative estimate of drug-likeness (QED) is 0.406. The number of rotatable bonds is 4. The fraction of sp³-hybridized carbons (Fsp3) is 0.889. The van der Waals surface area contributed by atoms with Crippen LogP contribution in [0.2, 0.25) is 0 Å². The molecule has 0 spiro atoms. The van der Waals surface area contributed by atoms with Crippen molar-refractivity contribution < 1.29 is 4.79 Å². The third-order valence-corrected chi connectivity index (χ3v) is 2.69. The molecule has 5 nitrogen and oxygen atoms in total. The van der Waals surface area contributed by atoms with Gasteiger partial charge in [0.25, 0.3) is 0 Å². The molecule has 14 heavy (non-hydrogen) atoms. The van der Waals surface area contributed by atoms with Crippen molar-refractivity contribution in [1.29, 1.82) is 5.53 Å². The van der Waals surface area contributed by atoms with Crippen LogP contribution in [0, 0.1) is 11.4 Å². The van der Waals surface area contributed by atoms with E-state index in [0.717, 1.165) is 19.3 Å². The van der Waals surface area contributed by atoms with Gasteiger partial charge >= 0.3 is 0 Å². The van der Waals surface area contributed by atoms with E-state index in [1.54, 1.807) is 6.92 Å². The summed E-state index contributed by atoms with van der Waals surface area (Å²) in [5.74, 6) is 0.328. The summed E-state index contributed by atoms with van der Waals surface area (Å²) in [5.41, 5.74) is 12.5. The second kappa shape index (κ2) is 5.05. The van der Waals surface area contributed by atoms with E-state index in [4.69, 9.17) is 11.3 Å². The molecule has 5 heteroatoms. The molecule has 0 amide bonds. The highest BCUT2D eigenvalue weighted by molar-refractivity contribution is 5.81. The first-order chi connectivity index (χ1) is 6.65. The van der Waals surface area contributed by atoms with Crippen molar-refractivity contribution in [3.63, 3.8) is 0 Å². The van der Waals surface area contributed by atoms with E-state index in [2.05, 4.69) is 5.22 Å². The van der Waals surface area contributed by atoms with E-state index >= 15 is 0 Å². The predicted octanol–water partition coefficient (Wildman–Crippen LogP) is 1.30. The molecule has 2 unspecified atom stereocenters. The molecule has 1 aliphatic carbocycles. The molecule has 1 aliphatic rings. The van der Waals surface area contributed by atoms with Crippen molar-refractivity contribution in [2.24, 2.45) is 16.9 Å². The van der Waals surface area contributed by atoms with Crippen LogP contribution in [0.25, 0.3) is 0 Å². The van der Waals surface area contributed by atoms with Gasteiger partial charge in [0.2, 0.25) is 0 Å². The van der Waals surface area contributed by atoms with E-state index < -0.39 is 0 Å². The Labute approximate surface area is 84.1 Å². The Morgan fingerprint density at radius 1 is 1.71 bits per heavy atom. The summed E-state index contributed by atoms with van der Waals surface area (Å²) in [6, 6.07) is 0. The molecule has 0 heterocycles. The first-order valence-corrected chi connectivity index (χ1v) is 5.07. The molecule has 1 saturated carbocycles. The topological polar surface area (TPSA) is 82.5 Å². The van der Waals surface area contributed by atoms with Crippen molar-refractivity contribution >= 4 is 5.78 Å². The minimum atomic E-state index is -0.290. The maximum Gasteiger partial charge on any atom is 0.137 e. The lowest BCUT2D eigenvalue weighted by atomic mass is 9.88. The standard InChI is InChI=1S/C9H18N4O/c1-7(10)13(12-11)6-8-4-2-3-5-9(8)14/h7-8,11H,2-6,10H2,1H3. The van der Waals surface area contributed by atoms with Gasteiger partial charge in [0.1, 0.15) is 5.78 Å². The molecule has 0 bridgehead atoms. The van der Waals surface area contributed by atoms with Gasteiger partial charge in [-0.15, -0.1) is 0 Å². The fourth-order valence-electron chi connectivity index (χ4n) is 1.77. The maximum absolute atomic E-state index is 11.5. The molecule has 0 aromatic heterocycles. The first kappa shape index (κ1) is 11.1. The Kier molecular flexibility index (Phi) is 4.00. The van der Waals surface area contributed by atoms with Crippen molar-refractivity contribution in [3.8, 4) is 0 Å². The van der Waals surface area contributed by atoms with E-state index in [0.29, 0.717) is 18.7 Å².